The Hall–Kier alpha value is -1.23. The lowest BCUT2D eigenvalue weighted by Crippen LogP contribution is -2.02. The minimum atomic E-state index is -3.59. The van der Waals surface area contributed by atoms with Crippen molar-refractivity contribution in [1.82, 2.24) is 0 Å². The lowest BCUT2D eigenvalue weighted by molar-refractivity contribution is 0.167. The Morgan fingerprint density at radius 3 is 2.05 bits per heavy atom. The fraction of sp³-hybridized carbons (Fsp3) is 0.500. The van der Waals surface area contributed by atoms with E-state index >= 15 is 0 Å². The second-order valence-electron chi connectivity index (χ2n) is 3.39. The smallest absolute Gasteiger partial charge is 0.493 e. The van der Waals surface area contributed by atoms with Crippen molar-refractivity contribution in [3.05, 3.63) is 18.2 Å². The van der Waals surface area contributed by atoms with E-state index in [0.717, 1.165) is 0 Å². The maximum Gasteiger partial charge on any atom is 0.530 e. The molecule has 0 aromatic heterocycles. The van der Waals surface area contributed by atoms with Crippen molar-refractivity contribution >= 4 is 7.82 Å². The number of benzene rings is 1. The minimum Gasteiger partial charge on any atom is -0.493 e. The molecule has 0 saturated carbocycles. The molecule has 0 saturated heterocycles. The SMILES string of the molecule is CCOP(=O)(OCC)Oc1ccc(OC)c(OC)c1. The first-order valence-corrected chi connectivity index (χ1v) is 7.35. The molecule has 108 valence electrons. The monoisotopic (exact) mass is 290 g/mol. The Bertz CT molecular complexity index is 438. The summed E-state index contributed by atoms with van der Waals surface area (Å²) in [5, 5.41) is 0. The standard InChI is InChI=1S/C12H19O6P/c1-5-16-19(13,17-6-2)18-10-7-8-11(14-3)12(9-10)15-4/h7-9H,5-6H2,1-4H3. The molecule has 0 fully saturated rings. The fourth-order valence-electron chi connectivity index (χ4n) is 1.41. The second-order valence-corrected chi connectivity index (χ2v) is 4.98. The summed E-state index contributed by atoms with van der Waals surface area (Å²) in [5.74, 6) is 1.35. The van der Waals surface area contributed by atoms with Gasteiger partial charge in [-0.25, -0.2) is 4.57 Å². The van der Waals surface area contributed by atoms with Crippen LogP contribution in [0.3, 0.4) is 0 Å². The van der Waals surface area contributed by atoms with Crippen LogP contribution in [0.5, 0.6) is 17.2 Å². The van der Waals surface area contributed by atoms with Crippen LogP contribution in [0.2, 0.25) is 0 Å². The zero-order chi connectivity index (χ0) is 14.3. The van der Waals surface area contributed by atoms with Gasteiger partial charge in [-0.3, -0.25) is 9.05 Å². The van der Waals surface area contributed by atoms with Crippen molar-refractivity contribution in [2.75, 3.05) is 27.4 Å². The molecular weight excluding hydrogens is 271 g/mol. The van der Waals surface area contributed by atoms with Crippen molar-refractivity contribution in [3.63, 3.8) is 0 Å². The van der Waals surface area contributed by atoms with Crippen molar-refractivity contribution < 1.29 is 27.6 Å². The molecule has 6 nitrogen and oxygen atoms in total. The van der Waals surface area contributed by atoms with Crippen LogP contribution in [0, 0.1) is 0 Å². The Labute approximate surface area is 113 Å². The average molecular weight is 290 g/mol. The minimum absolute atomic E-state index is 0.227. The van der Waals surface area contributed by atoms with Gasteiger partial charge in [-0.2, -0.15) is 0 Å². The first-order valence-electron chi connectivity index (χ1n) is 5.89. The summed E-state index contributed by atoms with van der Waals surface area (Å²) >= 11 is 0. The van der Waals surface area contributed by atoms with E-state index < -0.39 is 7.82 Å². The van der Waals surface area contributed by atoms with Gasteiger partial charge in [-0.15, -0.1) is 0 Å². The highest BCUT2D eigenvalue weighted by Crippen LogP contribution is 2.50. The van der Waals surface area contributed by atoms with Crippen LogP contribution in [0.15, 0.2) is 18.2 Å². The molecule has 7 heteroatoms. The maximum absolute atomic E-state index is 12.2. The number of methoxy groups -OCH3 is 2. The highest BCUT2D eigenvalue weighted by atomic mass is 31.2. The summed E-state index contributed by atoms with van der Waals surface area (Å²) < 4.78 is 37.8. The van der Waals surface area contributed by atoms with E-state index in [9.17, 15) is 4.57 Å². The Kier molecular flexibility index (Phi) is 6.15. The van der Waals surface area contributed by atoms with E-state index in [-0.39, 0.29) is 13.2 Å². The predicted octanol–water partition coefficient (Wildman–Crippen LogP) is 3.26. The summed E-state index contributed by atoms with van der Waals surface area (Å²) in [6.45, 7) is 3.88. The zero-order valence-electron chi connectivity index (χ0n) is 11.5. The molecule has 0 spiro atoms. The molecule has 1 rings (SSSR count). The van der Waals surface area contributed by atoms with E-state index in [2.05, 4.69) is 0 Å². The van der Waals surface area contributed by atoms with E-state index in [1.807, 2.05) is 0 Å². The van der Waals surface area contributed by atoms with Crippen LogP contribution in [-0.2, 0) is 13.6 Å². The van der Waals surface area contributed by atoms with Crippen LogP contribution < -0.4 is 14.0 Å². The highest BCUT2D eigenvalue weighted by Gasteiger charge is 2.27. The number of rotatable bonds is 8. The fourth-order valence-corrected chi connectivity index (χ4v) is 2.59. The summed E-state index contributed by atoms with van der Waals surface area (Å²) in [4.78, 5) is 0. The third-order valence-corrected chi connectivity index (χ3v) is 3.73. The summed E-state index contributed by atoms with van der Waals surface area (Å²) in [6, 6.07) is 4.81. The van der Waals surface area contributed by atoms with E-state index in [1.54, 1.807) is 32.0 Å². The van der Waals surface area contributed by atoms with E-state index in [4.69, 9.17) is 23.0 Å². The maximum atomic E-state index is 12.2. The molecule has 0 N–H and O–H groups in total. The van der Waals surface area contributed by atoms with Crippen LogP contribution in [0.25, 0.3) is 0 Å². The van der Waals surface area contributed by atoms with Crippen LogP contribution in [0.1, 0.15) is 13.8 Å². The van der Waals surface area contributed by atoms with Crippen molar-refractivity contribution in [1.29, 1.82) is 0 Å². The molecule has 0 amide bonds. The molecule has 1 aromatic carbocycles. The Morgan fingerprint density at radius 2 is 1.58 bits per heavy atom. The number of phosphoric ester groups is 1. The number of hydrogen-bond donors (Lipinski definition) is 0. The normalized spacial score (nSPS) is 11.2. The number of phosphoric acid groups is 1. The van der Waals surface area contributed by atoms with Crippen molar-refractivity contribution in [2.45, 2.75) is 13.8 Å². The highest BCUT2D eigenvalue weighted by molar-refractivity contribution is 7.48. The van der Waals surface area contributed by atoms with Gasteiger partial charge in [0.05, 0.1) is 27.4 Å². The molecular formula is C12H19O6P. The second kappa shape index (κ2) is 7.38. The van der Waals surface area contributed by atoms with Gasteiger partial charge in [0.15, 0.2) is 11.5 Å². The molecule has 0 atom stereocenters. The molecule has 0 heterocycles. The van der Waals surface area contributed by atoms with E-state index in [1.165, 1.54) is 14.2 Å². The van der Waals surface area contributed by atoms with Crippen molar-refractivity contribution in [3.8, 4) is 17.2 Å². The first-order chi connectivity index (χ1) is 9.08. The Balaban J connectivity index is 2.94. The molecule has 1 aromatic rings. The molecule has 0 aliphatic rings. The number of hydrogen-bond acceptors (Lipinski definition) is 6. The Morgan fingerprint density at radius 1 is 1.00 bits per heavy atom. The van der Waals surface area contributed by atoms with E-state index in [0.29, 0.717) is 17.2 Å². The molecule has 0 bridgehead atoms. The van der Waals surface area contributed by atoms with Crippen LogP contribution in [0.4, 0.5) is 0 Å². The molecule has 0 unspecified atom stereocenters. The zero-order valence-corrected chi connectivity index (χ0v) is 12.4. The predicted molar refractivity (Wildman–Crippen MR) is 71.0 cm³/mol. The molecule has 0 aliphatic heterocycles. The molecule has 0 radical (unpaired) electrons. The van der Waals surface area contributed by atoms with Gasteiger partial charge in [0.2, 0.25) is 0 Å². The summed E-state index contributed by atoms with van der Waals surface area (Å²) in [5.41, 5.74) is 0. The van der Waals surface area contributed by atoms with Gasteiger partial charge in [0, 0.05) is 6.07 Å². The van der Waals surface area contributed by atoms with Gasteiger partial charge in [-0.1, -0.05) is 0 Å². The van der Waals surface area contributed by atoms with Gasteiger partial charge in [0.1, 0.15) is 5.75 Å². The van der Waals surface area contributed by atoms with Gasteiger partial charge < -0.3 is 14.0 Å². The topological polar surface area (TPSA) is 63.2 Å². The van der Waals surface area contributed by atoms with Crippen LogP contribution >= 0.6 is 7.82 Å². The first kappa shape index (κ1) is 15.8. The third kappa shape index (κ3) is 4.42. The van der Waals surface area contributed by atoms with Crippen LogP contribution in [-0.4, -0.2) is 27.4 Å². The molecule has 0 aliphatic carbocycles. The number of ether oxygens (including phenoxy) is 2. The lowest BCUT2D eigenvalue weighted by Gasteiger charge is -2.17. The van der Waals surface area contributed by atoms with Crippen molar-refractivity contribution in [2.24, 2.45) is 0 Å². The lowest BCUT2D eigenvalue weighted by atomic mass is 10.3. The summed E-state index contributed by atoms with van der Waals surface area (Å²) in [6.07, 6.45) is 0. The molecule has 19 heavy (non-hydrogen) atoms. The van der Waals surface area contributed by atoms with Gasteiger partial charge >= 0.3 is 7.82 Å². The average Bonchev–Trinajstić information content (AvgIpc) is 2.38. The summed E-state index contributed by atoms with van der Waals surface area (Å²) in [7, 11) is -0.554. The van der Waals surface area contributed by atoms with Gasteiger partial charge in [-0.05, 0) is 26.0 Å². The third-order valence-electron chi connectivity index (χ3n) is 2.15. The largest absolute Gasteiger partial charge is 0.530 e. The quantitative estimate of drug-likeness (QED) is 0.685. The van der Waals surface area contributed by atoms with Gasteiger partial charge in [0.25, 0.3) is 0 Å².